The van der Waals surface area contributed by atoms with Gasteiger partial charge in [0.1, 0.15) is 6.34 Å². The number of hydrogen-bond donors (Lipinski definition) is 1. The van der Waals surface area contributed by atoms with Crippen molar-refractivity contribution in [3.63, 3.8) is 0 Å². The zero-order valence-electron chi connectivity index (χ0n) is 8.64. The van der Waals surface area contributed by atoms with Gasteiger partial charge in [-0.1, -0.05) is 23.5 Å². The molecule has 0 atom stereocenters. The lowest BCUT2D eigenvalue weighted by Crippen LogP contribution is -2.08. The number of aromatic nitrogens is 1. The van der Waals surface area contributed by atoms with Crippen molar-refractivity contribution in [2.45, 2.75) is 0 Å². The van der Waals surface area contributed by atoms with E-state index in [4.69, 9.17) is 0 Å². The molecule has 0 aliphatic rings. The summed E-state index contributed by atoms with van der Waals surface area (Å²) >= 11 is 1.59. The molecule has 4 nitrogen and oxygen atoms in total. The van der Waals surface area contributed by atoms with Gasteiger partial charge in [-0.3, -0.25) is 5.43 Å². The van der Waals surface area contributed by atoms with Gasteiger partial charge in [-0.15, -0.1) is 0 Å². The van der Waals surface area contributed by atoms with E-state index in [-0.39, 0.29) is 0 Å². The fourth-order valence-corrected chi connectivity index (χ4v) is 1.94. The Labute approximate surface area is 92.2 Å². The van der Waals surface area contributed by atoms with Gasteiger partial charge in [0.15, 0.2) is 0 Å². The van der Waals surface area contributed by atoms with Gasteiger partial charge in [0.05, 0.1) is 10.2 Å². The van der Waals surface area contributed by atoms with Crippen LogP contribution in [0.4, 0.5) is 5.13 Å². The number of nitrogens with zero attached hydrogens (tertiary/aromatic N) is 3. The van der Waals surface area contributed by atoms with Crippen LogP contribution in [0.2, 0.25) is 0 Å². The highest BCUT2D eigenvalue weighted by atomic mass is 32.1. The summed E-state index contributed by atoms with van der Waals surface area (Å²) in [5.41, 5.74) is 3.91. The van der Waals surface area contributed by atoms with E-state index in [0.717, 1.165) is 10.6 Å². The molecule has 0 radical (unpaired) electrons. The van der Waals surface area contributed by atoms with Crippen molar-refractivity contribution < 1.29 is 0 Å². The summed E-state index contributed by atoms with van der Waals surface area (Å²) in [4.78, 5) is 6.25. The first-order valence-corrected chi connectivity index (χ1v) is 5.38. The van der Waals surface area contributed by atoms with Crippen molar-refractivity contribution >= 4 is 33.0 Å². The van der Waals surface area contributed by atoms with Crippen LogP contribution in [-0.4, -0.2) is 30.3 Å². The Kier molecular flexibility index (Phi) is 2.82. The summed E-state index contributed by atoms with van der Waals surface area (Å²) < 4.78 is 1.17. The molecule has 0 aliphatic heterocycles. The fourth-order valence-electron chi connectivity index (χ4n) is 1.12. The van der Waals surface area contributed by atoms with E-state index in [9.17, 15) is 0 Å². The smallest absolute Gasteiger partial charge is 0.204 e. The van der Waals surface area contributed by atoms with Gasteiger partial charge in [-0.2, -0.15) is 5.10 Å². The second-order valence-electron chi connectivity index (χ2n) is 3.31. The average molecular weight is 220 g/mol. The first kappa shape index (κ1) is 9.92. The molecule has 5 heteroatoms. The zero-order valence-corrected chi connectivity index (χ0v) is 9.45. The first-order chi connectivity index (χ1) is 7.25. The Morgan fingerprint density at radius 3 is 2.93 bits per heavy atom. The first-order valence-electron chi connectivity index (χ1n) is 4.57. The van der Waals surface area contributed by atoms with Crippen molar-refractivity contribution in [1.82, 2.24) is 9.88 Å². The Hall–Kier alpha value is -1.62. The second-order valence-corrected chi connectivity index (χ2v) is 4.34. The third kappa shape index (κ3) is 2.44. The fraction of sp³-hybridized carbons (Fsp3) is 0.200. The molecule has 0 fully saturated rings. The molecule has 2 aromatic rings. The minimum Gasteiger partial charge on any atom is -0.367 e. The van der Waals surface area contributed by atoms with E-state index in [1.807, 2.05) is 43.3 Å². The molecule has 0 amide bonds. The van der Waals surface area contributed by atoms with Crippen molar-refractivity contribution in [1.29, 1.82) is 0 Å². The summed E-state index contributed by atoms with van der Waals surface area (Å²) in [6.07, 6.45) is 1.70. The van der Waals surface area contributed by atoms with Crippen molar-refractivity contribution in [3.8, 4) is 0 Å². The Morgan fingerprint density at radius 2 is 2.20 bits per heavy atom. The van der Waals surface area contributed by atoms with Crippen LogP contribution in [0, 0.1) is 0 Å². The largest absolute Gasteiger partial charge is 0.367 e. The van der Waals surface area contributed by atoms with E-state index < -0.39 is 0 Å². The predicted molar refractivity (Wildman–Crippen MR) is 65.4 cm³/mol. The molecule has 0 spiro atoms. The number of para-hydroxylation sites is 1. The van der Waals surface area contributed by atoms with E-state index >= 15 is 0 Å². The molecular weight excluding hydrogens is 208 g/mol. The standard InChI is InChI=1S/C10H12N4S/c1-14(2)7-11-13-10-12-8-5-3-4-6-9(8)15-10/h3-7H,1-2H3,(H,12,13)/b11-7+. The quantitative estimate of drug-likeness (QED) is 0.490. The van der Waals surface area contributed by atoms with Gasteiger partial charge in [0, 0.05) is 14.1 Å². The molecule has 0 aliphatic carbocycles. The van der Waals surface area contributed by atoms with Gasteiger partial charge in [0.2, 0.25) is 5.13 Å². The van der Waals surface area contributed by atoms with Crippen LogP contribution in [0.15, 0.2) is 29.4 Å². The average Bonchev–Trinajstić information content (AvgIpc) is 2.59. The number of rotatable bonds is 3. The summed E-state index contributed by atoms with van der Waals surface area (Å²) in [6.45, 7) is 0. The van der Waals surface area contributed by atoms with Gasteiger partial charge in [-0.25, -0.2) is 4.98 Å². The van der Waals surface area contributed by atoms with Gasteiger partial charge < -0.3 is 4.90 Å². The second kappa shape index (κ2) is 4.27. The molecule has 78 valence electrons. The van der Waals surface area contributed by atoms with Crippen LogP contribution in [0.1, 0.15) is 0 Å². The van der Waals surface area contributed by atoms with Crippen LogP contribution in [0.3, 0.4) is 0 Å². The van der Waals surface area contributed by atoms with Crippen LogP contribution in [0.5, 0.6) is 0 Å². The van der Waals surface area contributed by atoms with Crippen molar-refractivity contribution in [3.05, 3.63) is 24.3 Å². The monoisotopic (exact) mass is 220 g/mol. The van der Waals surface area contributed by atoms with Gasteiger partial charge >= 0.3 is 0 Å². The van der Waals surface area contributed by atoms with Crippen LogP contribution >= 0.6 is 11.3 Å². The number of anilines is 1. The normalized spacial score (nSPS) is 11.1. The highest BCUT2D eigenvalue weighted by Gasteiger charge is 2.00. The van der Waals surface area contributed by atoms with Gasteiger partial charge in [-0.05, 0) is 12.1 Å². The highest BCUT2D eigenvalue weighted by molar-refractivity contribution is 7.22. The lowest BCUT2D eigenvalue weighted by molar-refractivity contribution is 0.641. The molecule has 1 aromatic carbocycles. The van der Waals surface area contributed by atoms with Crippen molar-refractivity contribution in [2.24, 2.45) is 5.10 Å². The maximum absolute atomic E-state index is 4.38. The third-order valence-electron chi connectivity index (χ3n) is 1.74. The van der Waals surface area contributed by atoms with E-state index in [1.54, 1.807) is 17.7 Å². The number of hydrogen-bond acceptors (Lipinski definition) is 4. The SMILES string of the molecule is CN(C)/C=N/Nc1nc2ccccc2s1. The molecule has 15 heavy (non-hydrogen) atoms. The molecule has 0 unspecified atom stereocenters. The lowest BCUT2D eigenvalue weighted by atomic mass is 10.3. The van der Waals surface area contributed by atoms with E-state index in [1.165, 1.54) is 4.70 Å². The van der Waals surface area contributed by atoms with Crippen LogP contribution < -0.4 is 5.43 Å². The lowest BCUT2D eigenvalue weighted by Gasteiger charge is -2.01. The topological polar surface area (TPSA) is 40.5 Å². The highest BCUT2D eigenvalue weighted by Crippen LogP contribution is 2.24. The third-order valence-corrected chi connectivity index (χ3v) is 2.68. The molecule has 0 saturated heterocycles. The molecule has 1 aromatic heterocycles. The summed E-state index contributed by atoms with van der Waals surface area (Å²) in [5.74, 6) is 0. The zero-order chi connectivity index (χ0) is 10.7. The summed E-state index contributed by atoms with van der Waals surface area (Å²) in [5, 5.41) is 4.85. The van der Waals surface area contributed by atoms with Crippen molar-refractivity contribution in [2.75, 3.05) is 19.5 Å². The number of nitrogens with one attached hydrogen (secondary N) is 1. The Morgan fingerprint density at radius 1 is 1.40 bits per heavy atom. The predicted octanol–water partition coefficient (Wildman–Crippen LogP) is 2.21. The van der Waals surface area contributed by atoms with Crippen LogP contribution in [-0.2, 0) is 0 Å². The van der Waals surface area contributed by atoms with E-state index in [2.05, 4.69) is 15.5 Å². The Bertz CT molecular complexity index is 442. The summed E-state index contributed by atoms with van der Waals surface area (Å²) in [6, 6.07) is 8.03. The maximum Gasteiger partial charge on any atom is 0.204 e. The minimum absolute atomic E-state index is 0.814. The molecule has 2 rings (SSSR count). The molecule has 1 N–H and O–H groups in total. The minimum atomic E-state index is 0.814. The molecule has 0 saturated carbocycles. The molecular formula is C10H12N4S. The molecule has 1 heterocycles. The number of hydrazone groups is 1. The number of benzene rings is 1. The maximum atomic E-state index is 4.38. The van der Waals surface area contributed by atoms with E-state index in [0.29, 0.717) is 0 Å². The molecule has 0 bridgehead atoms. The van der Waals surface area contributed by atoms with Gasteiger partial charge in [0.25, 0.3) is 0 Å². The van der Waals surface area contributed by atoms with Crippen LogP contribution in [0.25, 0.3) is 10.2 Å². The number of fused-ring (bicyclic) bond motifs is 1. The Balaban J connectivity index is 2.15. The summed E-state index contributed by atoms with van der Waals surface area (Å²) in [7, 11) is 3.84. The number of thiazole rings is 1.